The van der Waals surface area contributed by atoms with E-state index in [-0.39, 0.29) is 17.2 Å². The molecular weight excluding hydrogens is 582 g/mol. The van der Waals surface area contributed by atoms with Crippen LogP contribution in [-0.2, 0) is 11.8 Å². The second kappa shape index (κ2) is 12.4. The van der Waals surface area contributed by atoms with Crippen molar-refractivity contribution < 1.29 is 14.0 Å². The molecule has 2 amide bonds. The Bertz CT molecular complexity index is 1520. The largest absolute Gasteiger partial charge is 0.541 e. The normalized spacial score (nSPS) is 11.6. The summed E-state index contributed by atoms with van der Waals surface area (Å²) in [6.45, 7) is 12.7. The van der Waals surface area contributed by atoms with Crippen LogP contribution in [0.3, 0.4) is 0 Å². The van der Waals surface area contributed by atoms with E-state index in [4.69, 9.17) is 4.43 Å². The molecule has 0 aliphatic heterocycles. The Balaban J connectivity index is 1.72. The molecule has 3 aromatic carbocycles. The van der Waals surface area contributed by atoms with Crippen LogP contribution in [0.25, 0.3) is 10.9 Å². The van der Waals surface area contributed by atoms with E-state index in [1.165, 1.54) is 0 Å². The number of carbonyl (C=O) groups is 2. The maximum Gasteiger partial charge on any atom is 0.274 e. The summed E-state index contributed by atoms with van der Waals surface area (Å²) in [6.07, 6.45) is 4.69. The number of fused-ring (bicyclic) bond motifs is 1. The van der Waals surface area contributed by atoms with Gasteiger partial charge in [0.05, 0.1) is 5.69 Å². The first kappa shape index (κ1) is 29.6. The van der Waals surface area contributed by atoms with Crippen molar-refractivity contribution in [3.63, 3.8) is 0 Å². The number of H-pyrrole nitrogens is 1. The SMILES string of the molecule is CCCCc1ccc(NC(=O)c2ccc3c(Br)c[nH]c3c2)c(NC(=O)c2ccc(C(C)(C)C)cc2)c1O[Si](C)C. The van der Waals surface area contributed by atoms with Crippen LogP contribution in [0.4, 0.5) is 11.4 Å². The monoisotopic (exact) mass is 618 g/mol. The number of aromatic nitrogens is 1. The number of benzene rings is 3. The number of unbranched alkanes of at least 4 members (excludes halogenated alkanes) is 1. The zero-order chi connectivity index (χ0) is 29.0. The Morgan fingerprint density at radius 1 is 0.950 bits per heavy atom. The van der Waals surface area contributed by atoms with E-state index in [1.54, 1.807) is 6.07 Å². The summed E-state index contributed by atoms with van der Waals surface area (Å²) in [5, 5.41) is 7.12. The maximum atomic E-state index is 13.5. The highest BCUT2D eigenvalue weighted by Crippen LogP contribution is 2.38. The number of halogens is 1. The van der Waals surface area contributed by atoms with Crippen molar-refractivity contribution in [3.8, 4) is 5.75 Å². The standard InChI is InChI=1S/C32H37BrN3O3Si/c1-7-8-9-20-13-17-26(35-31(38)22-12-16-24-25(33)19-34-27(24)18-22)28(29(20)39-40(5)6)36-30(37)21-10-14-23(15-11-21)32(2,3)4/h10-19,34H,7-9H2,1-6H3,(H,35,38)(H,36,37). The second-order valence-electron chi connectivity index (χ2n) is 11.2. The van der Waals surface area contributed by atoms with Crippen LogP contribution in [0.2, 0.25) is 13.1 Å². The first-order valence-corrected chi connectivity index (χ1v) is 16.8. The fourth-order valence-electron chi connectivity index (χ4n) is 4.47. The highest BCUT2D eigenvalue weighted by molar-refractivity contribution is 9.10. The van der Waals surface area contributed by atoms with Crippen molar-refractivity contribution in [2.45, 2.75) is 65.5 Å². The summed E-state index contributed by atoms with van der Waals surface area (Å²) in [5.74, 6) is 0.101. The third-order valence-electron chi connectivity index (χ3n) is 6.74. The molecule has 0 saturated heterocycles. The van der Waals surface area contributed by atoms with Gasteiger partial charge >= 0.3 is 0 Å². The second-order valence-corrected chi connectivity index (χ2v) is 14.1. The molecule has 0 saturated carbocycles. The number of rotatable bonds is 9. The Labute approximate surface area is 246 Å². The zero-order valence-corrected chi connectivity index (χ0v) is 26.6. The topological polar surface area (TPSA) is 83.2 Å². The van der Waals surface area contributed by atoms with Gasteiger partial charge in [0.1, 0.15) is 11.4 Å². The molecule has 6 nitrogen and oxygen atoms in total. The van der Waals surface area contributed by atoms with Gasteiger partial charge in [0.2, 0.25) is 0 Å². The third-order valence-corrected chi connectivity index (χ3v) is 8.01. The van der Waals surface area contributed by atoms with Gasteiger partial charge in [0.25, 0.3) is 20.9 Å². The molecule has 0 unspecified atom stereocenters. The van der Waals surface area contributed by atoms with Crippen LogP contribution in [-0.4, -0.2) is 25.8 Å². The van der Waals surface area contributed by atoms with E-state index in [1.807, 2.05) is 54.7 Å². The number of hydrogen-bond acceptors (Lipinski definition) is 3. The Hall–Kier alpha value is -3.36. The van der Waals surface area contributed by atoms with Crippen molar-refractivity contribution >= 4 is 59.1 Å². The molecular formula is C32H37BrN3O3Si. The minimum absolute atomic E-state index is 0.0129. The minimum atomic E-state index is -1.17. The average molecular weight is 620 g/mol. The summed E-state index contributed by atoms with van der Waals surface area (Å²) < 4.78 is 7.33. The van der Waals surface area contributed by atoms with Gasteiger partial charge in [-0.2, -0.15) is 0 Å². The zero-order valence-electron chi connectivity index (χ0n) is 24.0. The Morgan fingerprint density at radius 3 is 2.27 bits per heavy atom. The quantitative estimate of drug-likeness (QED) is 0.164. The van der Waals surface area contributed by atoms with E-state index in [0.29, 0.717) is 28.3 Å². The van der Waals surface area contributed by atoms with Crippen molar-refractivity contribution in [1.29, 1.82) is 0 Å². The van der Waals surface area contributed by atoms with Gasteiger partial charge in [-0.3, -0.25) is 9.59 Å². The third kappa shape index (κ3) is 6.85. The van der Waals surface area contributed by atoms with Crippen molar-refractivity contribution in [3.05, 3.63) is 87.5 Å². The molecule has 1 heterocycles. The molecule has 1 radical (unpaired) electrons. The van der Waals surface area contributed by atoms with Crippen LogP contribution in [0.5, 0.6) is 5.75 Å². The summed E-state index contributed by atoms with van der Waals surface area (Å²) in [7, 11) is -1.17. The van der Waals surface area contributed by atoms with Gasteiger partial charge in [0, 0.05) is 32.7 Å². The number of amides is 2. The molecule has 0 fully saturated rings. The first-order chi connectivity index (χ1) is 19.0. The fraction of sp³-hybridized carbons (Fsp3) is 0.312. The van der Waals surface area contributed by atoms with Gasteiger partial charge in [-0.25, -0.2) is 0 Å². The summed E-state index contributed by atoms with van der Waals surface area (Å²) in [5.41, 5.74) is 5.04. The lowest BCUT2D eigenvalue weighted by molar-refractivity contribution is 0.101. The average Bonchev–Trinajstić information content (AvgIpc) is 3.29. The number of aryl methyl sites for hydroxylation is 1. The van der Waals surface area contributed by atoms with Gasteiger partial charge in [-0.1, -0.05) is 58.4 Å². The fourth-order valence-corrected chi connectivity index (χ4v) is 5.57. The van der Waals surface area contributed by atoms with Crippen LogP contribution < -0.4 is 15.1 Å². The number of carbonyl (C=O) groups excluding carboxylic acids is 2. The molecule has 209 valence electrons. The Morgan fingerprint density at radius 2 is 1.62 bits per heavy atom. The van der Waals surface area contributed by atoms with E-state index in [2.05, 4.69) is 72.3 Å². The molecule has 1 aromatic heterocycles. The van der Waals surface area contributed by atoms with Gasteiger partial charge in [-0.05, 0) is 88.7 Å². The van der Waals surface area contributed by atoms with Crippen molar-refractivity contribution in [2.24, 2.45) is 0 Å². The van der Waals surface area contributed by atoms with Gasteiger partial charge < -0.3 is 20.0 Å². The van der Waals surface area contributed by atoms with E-state index in [9.17, 15) is 9.59 Å². The van der Waals surface area contributed by atoms with Crippen LogP contribution >= 0.6 is 15.9 Å². The molecule has 0 aliphatic carbocycles. The van der Waals surface area contributed by atoms with Crippen LogP contribution in [0.1, 0.15) is 72.4 Å². The maximum absolute atomic E-state index is 13.5. The number of anilines is 2. The van der Waals surface area contributed by atoms with Crippen LogP contribution in [0, 0.1) is 0 Å². The summed E-state index contributed by atoms with van der Waals surface area (Å²) in [6, 6.07) is 17.0. The lowest BCUT2D eigenvalue weighted by Gasteiger charge is -2.22. The number of aromatic amines is 1. The molecule has 4 aromatic rings. The molecule has 0 bridgehead atoms. The first-order valence-electron chi connectivity index (χ1n) is 13.6. The van der Waals surface area contributed by atoms with E-state index < -0.39 is 9.04 Å². The summed E-state index contributed by atoms with van der Waals surface area (Å²) in [4.78, 5) is 30.1. The predicted molar refractivity (Wildman–Crippen MR) is 170 cm³/mol. The number of hydrogen-bond donors (Lipinski definition) is 3. The molecule has 0 spiro atoms. The molecule has 40 heavy (non-hydrogen) atoms. The smallest absolute Gasteiger partial charge is 0.274 e. The molecule has 4 rings (SSSR count). The summed E-state index contributed by atoms with van der Waals surface area (Å²) >= 11 is 3.52. The van der Waals surface area contributed by atoms with E-state index >= 15 is 0 Å². The van der Waals surface area contributed by atoms with E-state index in [0.717, 1.165) is 45.8 Å². The number of nitrogens with one attached hydrogen (secondary N) is 3. The lowest BCUT2D eigenvalue weighted by atomic mass is 9.86. The van der Waals surface area contributed by atoms with Crippen molar-refractivity contribution in [2.75, 3.05) is 10.6 Å². The highest BCUT2D eigenvalue weighted by atomic mass is 79.9. The molecule has 3 N–H and O–H groups in total. The molecule has 0 aliphatic rings. The minimum Gasteiger partial charge on any atom is -0.541 e. The van der Waals surface area contributed by atoms with Gasteiger partial charge in [0.15, 0.2) is 0 Å². The highest BCUT2D eigenvalue weighted by Gasteiger charge is 2.22. The molecule has 0 atom stereocenters. The lowest BCUT2D eigenvalue weighted by Crippen LogP contribution is -2.21. The molecule has 8 heteroatoms. The Kier molecular flexibility index (Phi) is 9.21. The predicted octanol–water partition coefficient (Wildman–Crippen LogP) is 8.71. The van der Waals surface area contributed by atoms with Gasteiger partial charge in [-0.15, -0.1) is 0 Å². The van der Waals surface area contributed by atoms with Crippen LogP contribution in [0.15, 0.2) is 65.3 Å². The van der Waals surface area contributed by atoms with Crippen molar-refractivity contribution in [1.82, 2.24) is 4.98 Å².